The fraction of sp³-hybridized carbons (Fsp3) is 0.231. The monoisotopic (exact) mass is 289 g/mol. The standard InChI is InChI=1S/C13H15N5O3/c1-8-3-4-11(18(20)21)10(5-8)13(19)15-6-9-7-16-17(2)12(9)14/h3-5,7H,6,14H2,1-2H3,(H,15,19). The number of amides is 1. The van der Waals surface area contributed by atoms with Crippen LogP contribution in [0.1, 0.15) is 21.5 Å². The van der Waals surface area contributed by atoms with Gasteiger partial charge in [-0.2, -0.15) is 5.10 Å². The lowest BCUT2D eigenvalue weighted by molar-refractivity contribution is -0.385. The van der Waals surface area contributed by atoms with E-state index in [1.54, 1.807) is 26.2 Å². The number of aryl methyl sites for hydroxylation is 2. The maximum atomic E-state index is 12.1. The van der Waals surface area contributed by atoms with Crippen LogP contribution < -0.4 is 11.1 Å². The van der Waals surface area contributed by atoms with Crippen molar-refractivity contribution in [3.8, 4) is 0 Å². The first-order valence-corrected chi connectivity index (χ1v) is 6.19. The molecule has 1 aromatic heterocycles. The molecule has 0 aliphatic carbocycles. The third-order valence-corrected chi connectivity index (χ3v) is 3.10. The smallest absolute Gasteiger partial charge is 0.282 e. The summed E-state index contributed by atoms with van der Waals surface area (Å²) in [5, 5.41) is 17.5. The highest BCUT2D eigenvalue weighted by atomic mass is 16.6. The van der Waals surface area contributed by atoms with E-state index in [9.17, 15) is 14.9 Å². The Labute approximate surface area is 120 Å². The molecule has 2 aromatic rings. The summed E-state index contributed by atoms with van der Waals surface area (Å²) in [6.07, 6.45) is 1.54. The van der Waals surface area contributed by atoms with Gasteiger partial charge in [-0.1, -0.05) is 6.07 Å². The van der Waals surface area contributed by atoms with Gasteiger partial charge in [0.2, 0.25) is 0 Å². The molecular weight excluding hydrogens is 274 g/mol. The molecule has 1 aromatic carbocycles. The second kappa shape index (κ2) is 5.61. The number of hydrogen-bond donors (Lipinski definition) is 2. The Kier molecular flexibility index (Phi) is 3.88. The van der Waals surface area contributed by atoms with Gasteiger partial charge >= 0.3 is 0 Å². The van der Waals surface area contributed by atoms with Crippen LogP contribution in [0, 0.1) is 17.0 Å². The quantitative estimate of drug-likeness (QED) is 0.647. The van der Waals surface area contributed by atoms with Gasteiger partial charge in [0.15, 0.2) is 0 Å². The number of rotatable bonds is 4. The van der Waals surface area contributed by atoms with E-state index in [-0.39, 0.29) is 17.8 Å². The molecule has 1 amide bonds. The second-order valence-corrected chi connectivity index (χ2v) is 4.64. The van der Waals surface area contributed by atoms with Crippen molar-refractivity contribution < 1.29 is 9.72 Å². The maximum Gasteiger partial charge on any atom is 0.282 e. The first-order chi connectivity index (χ1) is 9.90. The number of carbonyl (C=O) groups is 1. The fourth-order valence-corrected chi connectivity index (χ4v) is 1.89. The predicted octanol–water partition coefficient (Wildman–Crippen LogP) is 1.15. The summed E-state index contributed by atoms with van der Waals surface area (Å²) in [7, 11) is 1.69. The van der Waals surface area contributed by atoms with Crippen molar-refractivity contribution in [1.29, 1.82) is 0 Å². The zero-order valence-electron chi connectivity index (χ0n) is 11.7. The van der Waals surface area contributed by atoms with E-state index in [0.29, 0.717) is 11.4 Å². The predicted molar refractivity (Wildman–Crippen MR) is 76.6 cm³/mol. The largest absolute Gasteiger partial charge is 0.384 e. The van der Waals surface area contributed by atoms with Gasteiger partial charge in [-0.3, -0.25) is 19.6 Å². The average molecular weight is 289 g/mol. The molecule has 0 fully saturated rings. The molecule has 0 bridgehead atoms. The summed E-state index contributed by atoms with van der Waals surface area (Å²) in [6.45, 7) is 1.92. The normalized spacial score (nSPS) is 10.4. The van der Waals surface area contributed by atoms with Crippen molar-refractivity contribution >= 4 is 17.4 Å². The zero-order valence-corrected chi connectivity index (χ0v) is 11.7. The summed E-state index contributed by atoms with van der Waals surface area (Å²) in [6, 6.07) is 4.40. The van der Waals surface area contributed by atoms with Gasteiger partial charge in [-0.25, -0.2) is 0 Å². The van der Waals surface area contributed by atoms with Crippen molar-refractivity contribution in [1.82, 2.24) is 15.1 Å². The Morgan fingerprint density at radius 2 is 2.24 bits per heavy atom. The molecule has 0 unspecified atom stereocenters. The molecule has 1 heterocycles. The van der Waals surface area contributed by atoms with Crippen molar-refractivity contribution in [3.63, 3.8) is 0 Å². The van der Waals surface area contributed by atoms with Gasteiger partial charge in [0.1, 0.15) is 11.4 Å². The molecular formula is C13H15N5O3. The van der Waals surface area contributed by atoms with Crippen molar-refractivity contribution in [3.05, 3.63) is 51.2 Å². The minimum atomic E-state index is -0.577. The van der Waals surface area contributed by atoms with Crippen LogP contribution in [0.2, 0.25) is 0 Å². The van der Waals surface area contributed by atoms with Crippen molar-refractivity contribution in [2.45, 2.75) is 13.5 Å². The Morgan fingerprint density at radius 3 is 2.81 bits per heavy atom. The van der Waals surface area contributed by atoms with E-state index >= 15 is 0 Å². The minimum Gasteiger partial charge on any atom is -0.384 e. The molecule has 0 spiro atoms. The molecule has 0 atom stereocenters. The van der Waals surface area contributed by atoms with Crippen LogP contribution in [0.3, 0.4) is 0 Å². The van der Waals surface area contributed by atoms with E-state index in [1.165, 1.54) is 16.8 Å². The molecule has 8 heteroatoms. The Morgan fingerprint density at radius 1 is 1.52 bits per heavy atom. The van der Waals surface area contributed by atoms with Crippen LogP contribution in [0.15, 0.2) is 24.4 Å². The zero-order chi connectivity index (χ0) is 15.6. The number of nitrogens with one attached hydrogen (secondary N) is 1. The van der Waals surface area contributed by atoms with E-state index in [4.69, 9.17) is 5.73 Å². The molecule has 21 heavy (non-hydrogen) atoms. The molecule has 3 N–H and O–H groups in total. The van der Waals surface area contributed by atoms with E-state index in [1.807, 2.05) is 0 Å². The number of aromatic nitrogens is 2. The molecule has 110 valence electrons. The second-order valence-electron chi connectivity index (χ2n) is 4.64. The highest BCUT2D eigenvalue weighted by Crippen LogP contribution is 2.20. The van der Waals surface area contributed by atoms with Crippen molar-refractivity contribution in [2.24, 2.45) is 7.05 Å². The number of nitrogens with zero attached hydrogens (tertiary/aromatic N) is 3. The van der Waals surface area contributed by atoms with Gasteiger partial charge in [-0.05, 0) is 18.6 Å². The molecule has 0 saturated carbocycles. The molecule has 0 radical (unpaired) electrons. The highest BCUT2D eigenvalue weighted by Gasteiger charge is 2.20. The number of nitro benzene ring substituents is 1. The Hall–Kier alpha value is -2.90. The first-order valence-electron chi connectivity index (χ1n) is 6.19. The van der Waals surface area contributed by atoms with E-state index in [0.717, 1.165) is 5.56 Å². The molecule has 0 aliphatic heterocycles. The Balaban J connectivity index is 2.19. The number of hydrogen-bond acceptors (Lipinski definition) is 5. The number of benzene rings is 1. The number of carbonyl (C=O) groups excluding carboxylic acids is 1. The maximum absolute atomic E-state index is 12.1. The van der Waals surface area contributed by atoms with Crippen molar-refractivity contribution in [2.75, 3.05) is 5.73 Å². The number of anilines is 1. The van der Waals surface area contributed by atoms with Gasteiger partial charge in [-0.15, -0.1) is 0 Å². The van der Waals surface area contributed by atoms with Crippen LogP contribution in [0.4, 0.5) is 11.5 Å². The third kappa shape index (κ3) is 2.99. The third-order valence-electron chi connectivity index (χ3n) is 3.10. The Bertz CT molecular complexity index is 708. The average Bonchev–Trinajstić information content (AvgIpc) is 2.75. The van der Waals surface area contributed by atoms with Crippen LogP contribution in [0.25, 0.3) is 0 Å². The minimum absolute atomic E-state index is 0.0301. The molecule has 8 nitrogen and oxygen atoms in total. The van der Waals surface area contributed by atoms with E-state index < -0.39 is 10.8 Å². The first kappa shape index (κ1) is 14.5. The molecule has 0 aliphatic rings. The summed E-state index contributed by atoms with van der Waals surface area (Å²) in [5.74, 6) is -0.0808. The lowest BCUT2D eigenvalue weighted by atomic mass is 10.1. The van der Waals surface area contributed by atoms with Crippen LogP contribution in [-0.4, -0.2) is 20.6 Å². The highest BCUT2D eigenvalue weighted by molar-refractivity contribution is 5.98. The van der Waals surface area contributed by atoms with Gasteiger partial charge in [0.05, 0.1) is 11.1 Å². The van der Waals surface area contributed by atoms with Crippen LogP contribution in [0.5, 0.6) is 0 Å². The van der Waals surface area contributed by atoms with E-state index in [2.05, 4.69) is 10.4 Å². The summed E-state index contributed by atoms with van der Waals surface area (Å²) in [5.41, 5.74) is 7.00. The SMILES string of the molecule is Cc1ccc([N+](=O)[O-])c(C(=O)NCc2cnn(C)c2N)c1. The summed E-state index contributed by atoms with van der Waals surface area (Å²) in [4.78, 5) is 22.5. The van der Waals surface area contributed by atoms with Gasteiger partial charge in [0.25, 0.3) is 11.6 Å². The molecule has 2 rings (SSSR count). The van der Waals surface area contributed by atoms with Gasteiger partial charge < -0.3 is 11.1 Å². The number of nitrogen functional groups attached to an aromatic ring is 1. The summed E-state index contributed by atoms with van der Waals surface area (Å²) < 4.78 is 1.48. The number of nitro groups is 1. The fourth-order valence-electron chi connectivity index (χ4n) is 1.89. The number of nitrogens with two attached hydrogens (primary N) is 1. The summed E-state index contributed by atoms with van der Waals surface area (Å²) >= 11 is 0. The van der Waals surface area contributed by atoms with Crippen LogP contribution in [-0.2, 0) is 13.6 Å². The topological polar surface area (TPSA) is 116 Å². The lowest BCUT2D eigenvalue weighted by Gasteiger charge is -2.06. The molecule has 0 saturated heterocycles. The van der Waals surface area contributed by atoms with Gasteiger partial charge in [0, 0.05) is 25.2 Å². The lowest BCUT2D eigenvalue weighted by Crippen LogP contribution is -2.24. The van der Waals surface area contributed by atoms with Crippen LogP contribution >= 0.6 is 0 Å².